The number of carbonyl (C=O) groups excluding carboxylic acids is 1. The maximum Gasteiger partial charge on any atom is 0.329 e. The number of hydrogen-bond acceptors (Lipinski definition) is 7. The summed E-state index contributed by atoms with van der Waals surface area (Å²) >= 11 is 0. The van der Waals surface area contributed by atoms with Gasteiger partial charge in [0.05, 0.1) is 11.8 Å². The molecule has 0 saturated carbocycles. The standard InChI is InChI=1S/C14H21N5O4/c1-8(20)16-5-6-17-13-9(15)2-3-11(18-13)19-7-4-10(21)12(19)14(22)23/h2-3,10,12,21H,4-7,15H2,1H3,(H,16,20)(H,17,18)(H,22,23). The van der Waals surface area contributed by atoms with E-state index >= 15 is 0 Å². The number of hydrogen-bond donors (Lipinski definition) is 5. The Labute approximate surface area is 133 Å². The summed E-state index contributed by atoms with van der Waals surface area (Å²) in [4.78, 5) is 28.0. The number of aliphatic carboxylic acids is 1. The number of aromatic nitrogens is 1. The Bertz CT molecular complexity index is 595. The summed E-state index contributed by atoms with van der Waals surface area (Å²) in [5.74, 6) is -0.366. The van der Waals surface area contributed by atoms with Crippen molar-refractivity contribution in [2.75, 3.05) is 35.6 Å². The van der Waals surface area contributed by atoms with E-state index in [2.05, 4.69) is 15.6 Å². The van der Waals surface area contributed by atoms with E-state index in [4.69, 9.17) is 5.73 Å². The van der Waals surface area contributed by atoms with Crippen LogP contribution >= 0.6 is 0 Å². The number of nitrogens with zero attached hydrogens (tertiary/aromatic N) is 2. The first kappa shape index (κ1) is 16.8. The Balaban J connectivity index is 2.10. The van der Waals surface area contributed by atoms with Crippen LogP contribution in [0, 0.1) is 0 Å². The van der Waals surface area contributed by atoms with Crippen LogP contribution in [0.15, 0.2) is 12.1 Å². The topological polar surface area (TPSA) is 141 Å². The molecule has 9 heteroatoms. The van der Waals surface area contributed by atoms with Gasteiger partial charge in [0.2, 0.25) is 5.91 Å². The third kappa shape index (κ3) is 4.01. The maximum absolute atomic E-state index is 11.3. The quantitative estimate of drug-likeness (QED) is 0.430. The molecule has 0 aliphatic carbocycles. The van der Waals surface area contributed by atoms with Crippen molar-refractivity contribution in [2.24, 2.45) is 0 Å². The Morgan fingerprint density at radius 1 is 1.43 bits per heavy atom. The molecule has 1 aliphatic heterocycles. The van der Waals surface area contributed by atoms with Gasteiger partial charge in [0.25, 0.3) is 0 Å². The molecule has 6 N–H and O–H groups in total. The number of nitrogens with one attached hydrogen (secondary N) is 2. The van der Waals surface area contributed by atoms with Gasteiger partial charge >= 0.3 is 5.97 Å². The molecule has 9 nitrogen and oxygen atoms in total. The van der Waals surface area contributed by atoms with Gasteiger partial charge in [-0.2, -0.15) is 0 Å². The average Bonchev–Trinajstić information content (AvgIpc) is 2.87. The van der Waals surface area contributed by atoms with Crippen molar-refractivity contribution >= 4 is 29.2 Å². The number of aliphatic hydroxyl groups is 1. The number of carboxylic acid groups (broad SMARTS) is 1. The van der Waals surface area contributed by atoms with Crippen molar-refractivity contribution in [3.8, 4) is 0 Å². The zero-order valence-corrected chi connectivity index (χ0v) is 12.8. The van der Waals surface area contributed by atoms with Crippen LogP contribution in [0.25, 0.3) is 0 Å². The zero-order valence-electron chi connectivity index (χ0n) is 12.8. The van der Waals surface area contributed by atoms with Gasteiger partial charge in [0.1, 0.15) is 5.82 Å². The van der Waals surface area contributed by atoms with E-state index in [0.29, 0.717) is 43.4 Å². The predicted molar refractivity (Wildman–Crippen MR) is 85.2 cm³/mol. The lowest BCUT2D eigenvalue weighted by Gasteiger charge is -2.24. The van der Waals surface area contributed by atoms with Crippen LogP contribution in [0.1, 0.15) is 13.3 Å². The van der Waals surface area contributed by atoms with Crippen molar-refractivity contribution in [2.45, 2.75) is 25.5 Å². The molecule has 1 aliphatic rings. The second-order valence-corrected chi connectivity index (χ2v) is 5.35. The molecular formula is C14H21N5O4. The molecule has 2 rings (SSSR count). The molecule has 23 heavy (non-hydrogen) atoms. The highest BCUT2D eigenvalue weighted by atomic mass is 16.4. The highest BCUT2D eigenvalue weighted by Crippen LogP contribution is 2.27. The van der Waals surface area contributed by atoms with Crippen molar-refractivity contribution < 1.29 is 19.8 Å². The normalized spacial score (nSPS) is 20.3. The van der Waals surface area contributed by atoms with E-state index in [1.165, 1.54) is 6.92 Å². The van der Waals surface area contributed by atoms with Crippen LogP contribution in [0.4, 0.5) is 17.3 Å². The number of carboxylic acids is 1. The molecular weight excluding hydrogens is 302 g/mol. The molecule has 0 spiro atoms. The minimum Gasteiger partial charge on any atom is -0.480 e. The molecule has 2 unspecified atom stereocenters. The fourth-order valence-corrected chi connectivity index (χ4v) is 2.51. The van der Waals surface area contributed by atoms with Gasteiger partial charge in [-0.15, -0.1) is 0 Å². The smallest absolute Gasteiger partial charge is 0.329 e. The van der Waals surface area contributed by atoms with Crippen molar-refractivity contribution in [1.29, 1.82) is 0 Å². The molecule has 0 aromatic carbocycles. The van der Waals surface area contributed by atoms with Gasteiger partial charge in [-0.05, 0) is 18.6 Å². The number of pyridine rings is 1. The van der Waals surface area contributed by atoms with Crippen molar-refractivity contribution in [3.63, 3.8) is 0 Å². The number of carbonyl (C=O) groups is 2. The van der Waals surface area contributed by atoms with E-state index in [0.717, 1.165) is 0 Å². The molecule has 1 amide bonds. The first-order valence-corrected chi connectivity index (χ1v) is 7.32. The lowest BCUT2D eigenvalue weighted by atomic mass is 10.2. The lowest BCUT2D eigenvalue weighted by Crippen LogP contribution is -2.42. The Morgan fingerprint density at radius 3 is 2.83 bits per heavy atom. The van der Waals surface area contributed by atoms with E-state index in [-0.39, 0.29) is 5.91 Å². The van der Waals surface area contributed by atoms with Crippen molar-refractivity contribution in [1.82, 2.24) is 10.3 Å². The molecule has 0 radical (unpaired) electrons. The van der Waals surface area contributed by atoms with Gasteiger partial charge < -0.3 is 31.5 Å². The summed E-state index contributed by atoms with van der Waals surface area (Å²) in [5, 5.41) is 24.7. The number of rotatable bonds is 6. The second kappa shape index (κ2) is 7.14. The average molecular weight is 323 g/mol. The molecule has 2 heterocycles. The second-order valence-electron chi connectivity index (χ2n) is 5.35. The number of aliphatic hydroxyl groups excluding tert-OH is 1. The van der Waals surface area contributed by atoms with Gasteiger partial charge in [-0.3, -0.25) is 4.79 Å². The number of nitrogen functional groups attached to an aromatic ring is 1. The van der Waals surface area contributed by atoms with Gasteiger partial charge in [-0.25, -0.2) is 9.78 Å². The molecule has 1 aromatic rings. The fourth-order valence-electron chi connectivity index (χ4n) is 2.51. The van der Waals surface area contributed by atoms with Crippen LogP contribution in [-0.2, 0) is 9.59 Å². The Morgan fingerprint density at radius 2 is 2.17 bits per heavy atom. The summed E-state index contributed by atoms with van der Waals surface area (Å²) in [6.45, 7) is 2.68. The number of anilines is 3. The van der Waals surface area contributed by atoms with Crippen LogP contribution in [0.5, 0.6) is 0 Å². The molecule has 2 atom stereocenters. The molecule has 1 saturated heterocycles. The van der Waals surface area contributed by atoms with E-state index < -0.39 is 18.1 Å². The van der Waals surface area contributed by atoms with E-state index in [1.807, 2.05) is 0 Å². The van der Waals surface area contributed by atoms with Crippen LogP contribution in [0.2, 0.25) is 0 Å². The van der Waals surface area contributed by atoms with E-state index in [1.54, 1.807) is 17.0 Å². The zero-order chi connectivity index (χ0) is 17.0. The molecule has 1 aromatic heterocycles. The monoisotopic (exact) mass is 323 g/mol. The summed E-state index contributed by atoms with van der Waals surface area (Å²) in [7, 11) is 0. The van der Waals surface area contributed by atoms with Crippen molar-refractivity contribution in [3.05, 3.63) is 12.1 Å². The van der Waals surface area contributed by atoms with Crippen LogP contribution in [-0.4, -0.2) is 58.9 Å². The van der Waals surface area contributed by atoms with Crippen LogP contribution < -0.4 is 21.3 Å². The SMILES string of the molecule is CC(=O)NCCNc1nc(N2CCC(O)C2C(=O)O)ccc1N. The maximum atomic E-state index is 11.3. The minimum absolute atomic E-state index is 0.128. The molecule has 0 bridgehead atoms. The highest BCUT2D eigenvalue weighted by molar-refractivity contribution is 5.80. The third-order valence-corrected chi connectivity index (χ3v) is 3.62. The largest absolute Gasteiger partial charge is 0.480 e. The van der Waals surface area contributed by atoms with E-state index in [9.17, 15) is 19.8 Å². The Hall–Kier alpha value is -2.55. The van der Waals surface area contributed by atoms with Gasteiger partial charge in [0.15, 0.2) is 11.9 Å². The fraction of sp³-hybridized carbons (Fsp3) is 0.500. The minimum atomic E-state index is -1.09. The number of amides is 1. The third-order valence-electron chi connectivity index (χ3n) is 3.62. The predicted octanol–water partition coefficient (Wildman–Crippen LogP) is -0.764. The molecule has 1 fully saturated rings. The van der Waals surface area contributed by atoms with Gasteiger partial charge in [-0.1, -0.05) is 0 Å². The Kier molecular flexibility index (Phi) is 5.22. The van der Waals surface area contributed by atoms with Gasteiger partial charge in [0, 0.05) is 26.6 Å². The summed E-state index contributed by atoms with van der Waals surface area (Å²) in [6.07, 6.45) is -0.558. The highest BCUT2D eigenvalue weighted by Gasteiger charge is 2.39. The first-order chi connectivity index (χ1) is 10.9. The summed E-state index contributed by atoms with van der Waals surface area (Å²) in [5.41, 5.74) is 6.27. The summed E-state index contributed by atoms with van der Waals surface area (Å²) in [6, 6.07) is 2.24. The number of nitrogens with two attached hydrogens (primary N) is 1. The lowest BCUT2D eigenvalue weighted by molar-refractivity contribution is -0.140. The molecule has 126 valence electrons. The van der Waals surface area contributed by atoms with Crippen LogP contribution in [0.3, 0.4) is 0 Å². The first-order valence-electron chi connectivity index (χ1n) is 7.32. The summed E-state index contributed by atoms with van der Waals surface area (Å²) < 4.78 is 0.